The van der Waals surface area contributed by atoms with E-state index >= 15 is 0 Å². The Kier molecular flexibility index (Phi) is 5.44. The molecule has 3 amide bonds. The summed E-state index contributed by atoms with van der Waals surface area (Å²) in [4.78, 5) is 65.2. The van der Waals surface area contributed by atoms with E-state index in [1.807, 2.05) is 12.2 Å². The number of amides is 3. The molecule has 2 saturated heterocycles. The van der Waals surface area contributed by atoms with Crippen molar-refractivity contribution in [3.8, 4) is 5.75 Å². The van der Waals surface area contributed by atoms with Gasteiger partial charge in [0.05, 0.1) is 34.1 Å². The standard InChI is InChI=1S/C28H25N3O7/c1-14-3-6-19(12-22(14)31(36)37)29-13-18(11-23(29)32)28(35)38-20-7-8-21(15(2)9-20)30-26(33)24-16-4-5-17(10-16)25(24)27(30)34/h3-9,12,16-18,24-25H,10-11,13H2,1-2H3/t16-,17-,18+,24+,25+/m0/s1. The summed E-state index contributed by atoms with van der Waals surface area (Å²) in [7, 11) is 0. The molecule has 5 atom stereocenters. The highest BCUT2D eigenvalue weighted by Gasteiger charge is 2.59. The third-order valence-corrected chi connectivity index (χ3v) is 8.26. The number of fused-ring (bicyclic) bond motifs is 5. The van der Waals surface area contributed by atoms with Gasteiger partial charge in [0.1, 0.15) is 5.75 Å². The molecule has 2 aromatic carbocycles. The number of carbonyl (C=O) groups excluding carboxylic acids is 4. The first kappa shape index (κ1) is 24.0. The molecule has 0 radical (unpaired) electrons. The van der Waals surface area contributed by atoms with Crippen LogP contribution in [0, 0.1) is 53.6 Å². The highest BCUT2D eigenvalue weighted by Crippen LogP contribution is 2.53. The summed E-state index contributed by atoms with van der Waals surface area (Å²) in [5.74, 6) is -2.13. The van der Waals surface area contributed by atoms with Crippen LogP contribution in [-0.4, -0.2) is 35.2 Å². The highest BCUT2D eigenvalue weighted by molar-refractivity contribution is 6.23. The second-order valence-electron chi connectivity index (χ2n) is 10.5. The molecule has 2 bridgehead atoms. The van der Waals surface area contributed by atoms with Gasteiger partial charge in [0.25, 0.3) is 5.69 Å². The fourth-order valence-corrected chi connectivity index (χ4v) is 6.36. The lowest BCUT2D eigenvalue weighted by Crippen LogP contribution is -2.33. The van der Waals surface area contributed by atoms with E-state index < -0.39 is 16.8 Å². The van der Waals surface area contributed by atoms with Crippen LogP contribution in [0.1, 0.15) is 24.0 Å². The number of nitro benzene ring substituents is 1. The quantitative estimate of drug-likeness (QED) is 0.149. The summed E-state index contributed by atoms with van der Waals surface area (Å²) < 4.78 is 5.56. The minimum Gasteiger partial charge on any atom is -0.426 e. The first-order chi connectivity index (χ1) is 18.1. The van der Waals surface area contributed by atoms with Crippen molar-refractivity contribution in [1.82, 2.24) is 0 Å². The van der Waals surface area contributed by atoms with Gasteiger partial charge in [0.15, 0.2) is 0 Å². The Labute approximate surface area is 218 Å². The molecular weight excluding hydrogens is 490 g/mol. The van der Waals surface area contributed by atoms with Crippen molar-refractivity contribution in [2.45, 2.75) is 26.7 Å². The topological polar surface area (TPSA) is 127 Å². The Hall–Kier alpha value is -4.34. The first-order valence-electron chi connectivity index (χ1n) is 12.6. The maximum absolute atomic E-state index is 13.1. The van der Waals surface area contributed by atoms with Crippen molar-refractivity contribution < 1.29 is 28.8 Å². The molecule has 1 saturated carbocycles. The van der Waals surface area contributed by atoms with Gasteiger partial charge in [-0.15, -0.1) is 0 Å². The van der Waals surface area contributed by atoms with Gasteiger partial charge in [-0.25, -0.2) is 4.90 Å². The number of carbonyl (C=O) groups is 4. The second kappa shape index (κ2) is 8.61. The molecule has 0 N–H and O–H groups in total. The number of allylic oxidation sites excluding steroid dienone is 2. The van der Waals surface area contributed by atoms with E-state index in [1.54, 1.807) is 44.2 Å². The molecule has 2 aliphatic heterocycles. The van der Waals surface area contributed by atoms with E-state index in [-0.39, 0.29) is 65.8 Å². The predicted molar refractivity (Wildman–Crippen MR) is 135 cm³/mol. The van der Waals surface area contributed by atoms with Crippen molar-refractivity contribution in [3.05, 3.63) is 69.8 Å². The molecule has 10 nitrogen and oxygen atoms in total. The third kappa shape index (κ3) is 3.62. The summed E-state index contributed by atoms with van der Waals surface area (Å²) in [6.45, 7) is 3.41. The number of esters is 1. The molecule has 0 unspecified atom stereocenters. The molecule has 6 rings (SSSR count). The van der Waals surface area contributed by atoms with Gasteiger partial charge in [0, 0.05) is 24.6 Å². The molecule has 194 valence electrons. The van der Waals surface area contributed by atoms with E-state index in [9.17, 15) is 29.3 Å². The Morgan fingerprint density at radius 1 is 0.974 bits per heavy atom. The van der Waals surface area contributed by atoms with E-state index in [2.05, 4.69) is 0 Å². The number of hydrogen-bond acceptors (Lipinski definition) is 7. The number of imide groups is 1. The number of ether oxygens (including phenoxy) is 1. The van der Waals surface area contributed by atoms with Crippen LogP contribution in [0.2, 0.25) is 0 Å². The maximum atomic E-state index is 13.1. The van der Waals surface area contributed by atoms with Crippen LogP contribution in [0.5, 0.6) is 5.75 Å². The Morgan fingerprint density at radius 3 is 2.29 bits per heavy atom. The number of benzene rings is 2. The SMILES string of the molecule is Cc1cc(OC(=O)[C@@H]2CC(=O)N(c3ccc(C)c([N+](=O)[O-])c3)C2)ccc1N1C(=O)[C@H]2[C@H](C1=O)[C@H]1C=C[C@H]2C1. The predicted octanol–water partition coefficient (Wildman–Crippen LogP) is 3.48. The van der Waals surface area contributed by atoms with Crippen LogP contribution in [0.4, 0.5) is 17.1 Å². The number of anilines is 2. The summed E-state index contributed by atoms with van der Waals surface area (Å²) in [6.07, 6.45) is 4.87. The van der Waals surface area contributed by atoms with Gasteiger partial charge in [-0.1, -0.05) is 18.2 Å². The normalized spacial score (nSPS) is 27.4. The lowest BCUT2D eigenvalue weighted by molar-refractivity contribution is -0.385. The van der Waals surface area contributed by atoms with Gasteiger partial charge >= 0.3 is 5.97 Å². The average molecular weight is 516 g/mol. The van der Waals surface area contributed by atoms with Crippen LogP contribution in [0.15, 0.2) is 48.6 Å². The van der Waals surface area contributed by atoms with Gasteiger partial charge in [-0.05, 0) is 61.9 Å². The van der Waals surface area contributed by atoms with Gasteiger partial charge in [0.2, 0.25) is 17.7 Å². The Morgan fingerprint density at radius 2 is 1.66 bits per heavy atom. The molecule has 0 spiro atoms. The van der Waals surface area contributed by atoms with E-state index in [0.29, 0.717) is 22.5 Å². The molecule has 2 heterocycles. The molecule has 2 aliphatic carbocycles. The fourth-order valence-electron chi connectivity index (χ4n) is 6.36. The monoisotopic (exact) mass is 515 g/mol. The van der Waals surface area contributed by atoms with Crippen molar-refractivity contribution in [2.75, 3.05) is 16.3 Å². The molecule has 10 heteroatoms. The summed E-state index contributed by atoms with van der Waals surface area (Å²) in [5, 5.41) is 11.3. The second-order valence-corrected chi connectivity index (χ2v) is 10.5. The average Bonchev–Trinajstić information content (AvgIpc) is 3.64. The summed E-state index contributed by atoms with van der Waals surface area (Å²) in [5.41, 5.74) is 1.84. The van der Waals surface area contributed by atoms with Crippen molar-refractivity contribution in [3.63, 3.8) is 0 Å². The Bertz CT molecular complexity index is 1430. The van der Waals surface area contributed by atoms with Crippen molar-refractivity contribution >= 4 is 40.8 Å². The van der Waals surface area contributed by atoms with E-state index in [4.69, 9.17) is 4.74 Å². The first-order valence-corrected chi connectivity index (χ1v) is 12.6. The van der Waals surface area contributed by atoms with Crippen LogP contribution < -0.4 is 14.5 Å². The van der Waals surface area contributed by atoms with Crippen molar-refractivity contribution in [1.29, 1.82) is 0 Å². The van der Waals surface area contributed by atoms with Crippen LogP contribution in [0.3, 0.4) is 0 Å². The smallest absolute Gasteiger partial charge is 0.316 e. The summed E-state index contributed by atoms with van der Waals surface area (Å²) >= 11 is 0. The number of nitro groups is 1. The van der Waals surface area contributed by atoms with E-state index in [0.717, 1.165) is 6.42 Å². The van der Waals surface area contributed by atoms with E-state index in [1.165, 1.54) is 15.9 Å². The number of rotatable bonds is 5. The minimum absolute atomic E-state index is 0.0465. The lowest BCUT2D eigenvalue weighted by atomic mass is 9.85. The Balaban J connectivity index is 1.15. The van der Waals surface area contributed by atoms with Crippen LogP contribution in [-0.2, 0) is 19.2 Å². The van der Waals surface area contributed by atoms with Gasteiger partial charge < -0.3 is 9.64 Å². The summed E-state index contributed by atoms with van der Waals surface area (Å²) in [6, 6.07) is 9.28. The molecule has 38 heavy (non-hydrogen) atoms. The molecular formula is C28H25N3O7. The maximum Gasteiger partial charge on any atom is 0.316 e. The van der Waals surface area contributed by atoms with Gasteiger partial charge in [-0.2, -0.15) is 0 Å². The number of hydrogen-bond donors (Lipinski definition) is 0. The van der Waals surface area contributed by atoms with Crippen LogP contribution in [0.25, 0.3) is 0 Å². The van der Waals surface area contributed by atoms with Crippen LogP contribution >= 0.6 is 0 Å². The molecule has 4 aliphatic rings. The third-order valence-electron chi connectivity index (χ3n) is 8.26. The van der Waals surface area contributed by atoms with Gasteiger partial charge in [-0.3, -0.25) is 29.3 Å². The zero-order valence-corrected chi connectivity index (χ0v) is 20.8. The lowest BCUT2D eigenvalue weighted by Gasteiger charge is -2.20. The number of aryl methyl sites for hydroxylation is 2. The fraction of sp³-hybridized carbons (Fsp3) is 0.357. The highest BCUT2D eigenvalue weighted by atomic mass is 16.6. The minimum atomic E-state index is -0.744. The number of nitrogens with zero attached hydrogens (tertiary/aromatic N) is 3. The zero-order chi connectivity index (χ0) is 26.9. The largest absolute Gasteiger partial charge is 0.426 e. The van der Waals surface area contributed by atoms with Crippen molar-refractivity contribution in [2.24, 2.45) is 29.6 Å². The molecule has 0 aromatic heterocycles. The molecule has 2 aromatic rings. The molecule has 3 fully saturated rings. The zero-order valence-electron chi connectivity index (χ0n) is 20.8.